The number of aryl methyl sites for hydroxylation is 2. The molecule has 0 saturated heterocycles. The van der Waals surface area contributed by atoms with Crippen LogP contribution in [-0.4, -0.2) is 44.9 Å². The first-order chi connectivity index (χ1) is 10.5. The van der Waals surface area contributed by atoms with Crippen molar-refractivity contribution in [2.45, 2.75) is 33.2 Å². The maximum Gasteiger partial charge on any atom is 0.317 e. The molecule has 0 aliphatic carbocycles. The number of nitrogens with one attached hydrogen (secondary N) is 1. The van der Waals surface area contributed by atoms with Crippen LogP contribution in [0.3, 0.4) is 0 Å². The molecule has 0 aliphatic rings. The fourth-order valence-electron chi connectivity index (χ4n) is 2.27. The van der Waals surface area contributed by atoms with Gasteiger partial charge in [0.25, 0.3) is 0 Å². The summed E-state index contributed by atoms with van der Waals surface area (Å²) in [6, 6.07) is 2.89. The first-order valence-electron chi connectivity index (χ1n) is 7.47. The van der Waals surface area contributed by atoms with E-state index in [0.29, 0.717) is 24.1 Å². The number of carbonyl (C=O) groups excluding carboxylic acids is 1. The summed E-state index contributed by atoms with van der Waals surface area (Å²) in [6.07, 6.45) is 1.57. The first kappa shape index (κ1) is 19.4. The summed E-state index contributed by atoms with van der Waals surface area (Å²) < 4.78 is 35.8. The average molecular weight is 344 g/mol. The average Bonchev–Trinajstić information content (AvgIpc) is 2.42. The van der Waals surface area contributed by atoms with Crippen molar-refractivity contribution < 1.29 is 17.6 Å². The van der Waals surface area contributed by atoms with Crippen molar-refractivity contribution in [3.63, 3.8) is 0 Å². The summed E-state index contributed by atoms with van der Waals surface area (Å²) in [5.74, 6) is -0.179. The molecule has 0 radical (unpaired) electrons. The van der Waals surface area contributed by atoms with Gasteiger partial charge in [-0.05, 0) is 43.9 Å². The van der Waals surface area contributed by atoms with Gasteiger partial charge in [-0.15, -0.1) is 0 Å². The van der Waals surface area contributed by atoms with Crippen LogP contribution >= 0.6 is 0 Å². The van der Waals surface area contributed by atoms with Gasteiger partial charge in [0.15, 0.2) is 0 Å². The molecule has 5 nitrogen and oxygen atoms in total. The van der Waals surface area contributed by atoms with E-state index >= 15 is 0 Å². The molecule has 1 N–H and O–H groups in total. The van der Waals surface area contributed by atoms with Crippen LogP contribution in [0.25, 0.3) is 0 Å². The lowest BCUT2D eigenvalue weighted by Crippen LogP contribution is -2.39. The lowest BCUT2D eigenvalue weighted by Gasteiger charge is -2.22. The van der Waals surface area contributed by atoms with E-state index < -0.39 is 9.84 Å². The van der Waals surface area contributed by atoms with E-state index in [2.05, 4.69) is 5.32 Å². The molecular formula is C16H25FN2O3S. The Morgan fingerprint density at radius 3 is 2.30 bits per heavy atom. The summed E-state index contributed by atoms with van der Waals surface area (Å²) >= 11 is 0. The Kier molecular flexibility index (Phi) is 6.56. The van der Waals surface area contributed by atoms with Crippen molar-refractivity contribution >= 4 is 15.9 Å². The molecule has 0 aromatic heterocycles. The van der Waals surface area contributed by atoms with Gasteiger partial charge < -0.3 is 10.2 Å². The van der Waals surface area contributed by atoms with E-state index in [-0.39, 0.29) is 23.6 Å². The minimum absolute atomic E-state index is 0.0521. The van der Waals surface area contributed by atoms with E-state index in [4.69, 9.17) is 0 Å². The highest BCUT2D eigenvalue weighted by Crippen LogP contribution is 2.20. The molecule has 1 atom stereocenters. The number of rotatable bonds is 6. The number of benzene rings is 1. The topological polar surface area (TPSA) is 66.5 Å². The standard InChI is InChI=1S/C16H25FN2O3S/c1-11-9-14(10-12(2)15(11)17)13(3)18-16(20)19(4)7-6-8-23(5,21)22/h9-10,13H,6-8H2,1-5H3,(H,18,20)/t13-/m0/s1. The fraction of sp³-hybridized carbons (Fsp3) is 0.562. The van der Waals surface area contributed by atoms with E-state index in [9.17, 15) is 17.6 Å². The maximum absolute atomic E-state index is 13.7. The predicted octanol–water partition coefficient (Wildman–Crippen LogP) is 2.58. The van der Waals surface area contributed by atoms with E-state index in [1.807, 2.05) is 6.92 Å². The van der Waals surface area contributed by atoms with Crippen molar-refractivity contribution in [3.8, 4) is 0 Å². The molecule has 0 spiro atoms. The SMILES string of the molecule is Cc1cc([C@H](C)NC(=O)N(C)CCCS(C)(=O)=O)cc(C)c1F. The van der Waals surface area contributed by atoms with Crippen molar-refractivity contribution in [1.82, 2.24) is 10.2 Å². The molecule has 0 saturated carbocycles. The first-order valence-corrected chi connectivity index (χ1v) is 9.53. The Balaban J connectivity index is 2.62. The molecule has 1 rings (SSSR count). The van der Waals surface area contributed by atoms with Crippen molar-refractivity contribution in [2.24, 2.45) is 0 Å². The molecule has 130 valence electrons. The third-order valence-electron chi connectivity index (χ3n) is 3.65. The second-order valence-electron chi connectivity index (χ2n) is 6.04. The minimum atomic E-state index is -3.02. The van der Waals surface area contributed by atoms with Crippen LogP contribution in [0.2, 0.25) is 0 Å². The third kappa shape index (κ3) is 6.17. The molecule has 23 heavy (non-hydrogen) atoms. The monoisotopic (exact) mass is 344 g/mol. The molecular weight excluding hydrogens is 319 g/mol. The smallest absolute Gasteiger partial charge is 0.317 e. The van der Waals surface area contributed by atoms with Crippen molar-refractivity contribution in [1.29, 1.82) is 0 Å². The Morgan fingerprint density at radius 2 is 1.83 bits per heavy atom. The Bertz CT molecular complexity index is 651. The molecule has 0 bridgehead atoms. The van der Waals surface area contributed by atoms with Crippen molar-refractivity contribution in [2.75, 3.05) is 25.6 Å². The summed E-state index contributed by atoms with van der Waals surface area (Å²) in [6.45, 7) is 5.57. The van der Waals surface area contributed by atoms with Crippen LogP contribution in [0.1, 0.15) is 36.1 Å². The van der Waals surface area contributed by atoms with Crippen LogP contribution < -0.4 is 5.32 Å². The number of hydrogen-bond acceptors (Lipinski definition) is 3. The van der Waals surface area contributed by atoms with Gasteiger partial charge in [0.1, 0.15) is 15.7 Å². The number of urea groups is 1. The second-order valence-corrected chi connectivity index (χ2v) is 8.30. The molecule has 1 aromatic rings. The quantitative estimate of drug-likeness (QED) is 0.862. The molecule has 0 aliphatic heterocycles. The predicted molar refractivity (Wildman–Crippen MR) is 89.8 cm³/mol. The number of carbonyl (C=O) groups is 1. The van der Waals surface area contributed by atoms with Gasteiger partial charge in [-0.2, -0.15) is 0 Å². The second kappa shape index (κ2) is 7.77. The van der Waals surface area contributed by atoms with Gasteiger partial charge in [0, 0.05) is 19.8 Å². The van der Waals surface area contributed by atoms with Crippen LogP contribution in [0.4, 0.5) is 9.18 Å². The summed E-state index contributed by atoms with van der Waals surface area (Å²) in [5, 5.41) is 2.83. The van der Waals surface area contributed by atoms with Gasteiger partial charge in [-0.25, -0.2) is 17.6 Å². The number of hydrogen-bond donors (Lipinski definition) is 1. The number of sulfone groups is 1. The Hall–Kier alpha value is -1.63. The fourth-order valence-corrected chi connectivity index (χ4v) is 2.93. The summed E-state index contributed by atoms with van der Waals surface area (Å²) in [5.41, 5.74) is 1.92. The number of amides is 2. The maximum atomic E-state index is 13.7. The van der Waals surface area contributed by atoms with Crippen LogP contribution in [-0.2, 0) is 9.84 Å². The molecule has 0 heterocycles. The van der Waals surface area contributed by atoms with Crippen LogP contribution in [0.5, 0.6) is 0 Å². The molecule has 7 heteroatoms. The normalized spacial score (nSPS) is 12.8. The number of nitrogens with zero attached hydrogens (tertiary/aromatic N) is 1. The van der Waals surface area contributed by atoms with E-state index in [1.54, 1.807) is 33.0 Å². The van der Waals surface area contributed by atoms with Crippen LogP contribution in [0.15, 0.2) is 12.1 Å². The summed E-state index contributed by atoms with van der Waals surface area (Å²) in [4.78, 5) is 13.6. The van der Waals surface area contributed by atoms with E-state index in [1.165, 1.54) is 11.2 Å². The molecule has 0 unspecified atom stereocenters. The Morgan fingerprint density at radius 1 is 1.30 bits per heavy atom. The van der Waals surface area contributed by atoms with Crippen LogP contribution in [0, 0.1) is 19.7 Å². The zero-order chi connectivity index (χ0) is 17.8. The highest BCUT2D eigenvalue weighted by molar-refractivity contribution is 7.90. The lowest BCUT2D eigenvalue weighted by molar-refractivity contribution is 0.205. The van der Waals surface area contributed by atoms with Gasteiger partial charge in [-0.3, -0.25) is 0 Å². The van der Waals surface area contributed by atoms with Gasteiger partial charge in [0.2, 0.25) is 0 Å². The number of halogens is 1. The summed E-state index contributed by atoms with van der Waals surface area (Å²) in [7, 11) is -1.40. The largest absolute Gasteiger partial charge is 0.331 e. The zero-order valence-corrected chi connectivity index (χ0v) is 15.1. The van der Waals surface area contributed by atoms with Crippen molar-refractivity contribution in [3.05, 3.63) is 34.6 Å². The van der Waals surface area contributed by atoms with Gasteiger partial charge in [0.05, 0.1) is 11.8 Å². The molecule has 1 aromatic carbocycles. The van der Waals surface area contributed by atoms with E-state index in [0.717, 1.165) is 5.56 Å². The van der Waals surface area contributed by atoms with Gasteiger partial charge >= 0.3 is 6.03 Å². The molecule has 2 amide bonds. The third-order valence-corrected chi connectivity index (χ3v) is 4.68. The molecule has 0 fully saturated rings. The highest BCUT2D eigenvalue weighted by Gasteiger charge is 2.15. The van der Waals surface area contributed by atoms with Gasteiger partial charge in [-0.1, -0.05) is 12.1 Å². The lowest BCUT2D eigenvalue weighted by atomic mass is 10.0. The highest BCUT2D eigenvalue weighted by atomic mass is 32.2. The Labute approximate surface area is 137 Å². The zero-order valence-electron chi connectivity index (χ0n) is 14.3. The minimum Gasteiger partial charge on any atom is -0.331 e.